The van der Waals surface area contributed by atoms with E-state index in [-0.39, 0.29) is 5.56 Å². The molecule has 142 valence electrons. The van der Waals surface area contributed by atoms with E-state index >= 15 is 0 Å². The maximum atomic E-state index is 13.9. The lowest BCUT2D eigenvalue weighted by molar-refractivity contribution is -0.137. The lowest BCUT2D eigenvalue weighted by Gasteiger charge is -2.17. The van der Waals surface area contributed by atoms with Crippen molar-refractivity contribution in [1.82, 2.24) is 4.98 Å². The van der Waals surface area contributed by atoms with Crippen molar-refractivity contribution < 1.29 is 13.2 Å². The summed E-state index contributed by atoms with van der Waals surface area (Å²) >= 11 is 0. The summed E-state index contributed by atoms with van der Waals surface area (Å²) < 4.78 is 41.6. The van der Waals surface area contributed by atoms with Gasteiger partial charge in [0.05, 0.1) is 11.3 Å². The van der Waals surface area contributed by atoms with Gasteiger partial charge in [-0.25, -0.2) is 0 Å². The first-order valence-corrected chi connectivity index (χ1v) is 9.15. The van der Waals surface area contributed by atoms with Crippen LogP contribution in [-0.2, 0) is 6.18 Å². The second-order valence-electron chi connectivity index (χ2n) is 6.86. The second kappa shape index (κ2) is 6.48. The van der Waals surface area contributed by atoms with Gasteiger partial charge in [-0.05, 0) is 23.8 Å². The summed E-state index contributed by atoms with van der Waals surface area (Å²) in [5, 5.41) is 0.866. The van der Waals surface area contributed by atoms with Crippen LogP contribution in [0.4, 0.5) is 18.9 Å². The van der Waals surface area contributed by atoms with Gasteiger partial charge in [-0.15, -0.1) is 0 Å². The highest BCUT2D eigenvalue weighted by Crippen LogP contribution is 2.44. The third-order valence-corrected chi connectivity index (χ3v) is 5.16. The molecule has 29 heavy (non-hydrogen) atoms. The summed E-state index contributed by atoms with van der Waals surface area (Å²) in [7, 11) is 0. The molecule has 5 heteroatoms. The molecule has 1 aliphatic heterocycles. The Morgan fingerprint density at radius 2 is 1.52 bits per heavy atom. The van der Waals surface area contributed by atoms with Crippen LogP contribution in [-0.4, -0.2) is 11.2 Å². The van der Waals surface area contributed by atoms with Crippen LogP contribution in [0.2, 0.25) is 0 Å². The Balaban J connectivity index is 1.89. The predicted octanol–water partition coefficient (Wildman–Crippen LogP) is 6.86. The largest absolute Gasteiger partial charge is 0.417 e. The fourth-order valence-corrected chi connectivity index (χ4v) is 3.88. The molecule has 5 rings (SSSR count). The molecule has 0 amide bonds. The number of hydrogen-bond acceptors (Lipinski definition) is 1. The molecule has 0 spiro atoms. The normalized spacial score (nSPS) is 15.0. The summed E-state index contributed by atoms with van der Waals surface area (Å²) in [6, 6.07) is 20.8. The van der Waals surface area contributed by atoms with Crippen LogP contribution in [0.5, 0.6) is 0 Å². The zero-order valence-corrected chi connectivity index (χ0v) is 15.2. The number of fused-ring (bicyclic) bond motifs is 2. The SMILES string of the molecule is FC(F)(F)c1ccccc1/C(=C1/C=Nc2ccccc21)c1c[nH]c2ccccc12. The molecule has 0 fully saturated rings. The second-order valence-corrected chi connectivity index (χ2v) is 6.86. The van der Waals surface area contributed by atoms with E-state index in [0.29, 0.717) is 11.1 Å². The third kappa shape index (κ3) is 2.86. The van der Waals surface area contributed by atoms with Crippen LogP contribution in [0, 0.1) is 0 Å². The molecule has 1 aromatic heterocycles. The standard InChI is InChI=1S/C24H15F3N2/c25-24(26,27)20-10-4-1-9-17(20)23(18-13-28-21-11-5-2-7-15(18)21)19-14-29-22-12-6-3-8-16(19)22/h1-14,28H/b23-19+. The van der Waals surface area contributed by atoms with Crippen molar-refractivity contribution in [2.45, 2.75) is 6.18 Å². The molecular formula is C24H15F3N2. The van der Waals surface area contributed by atoms with Gasteiger partial charge in [0.1, 0.15) is 0 Å². The third-order valence-electron chi connectivity index (χ3n) is 5.16. The summed E-state index contributed by atoms with van der Waals surface area (Å²) in [4.78, 5) is 7.62. The summed E-state index contributed by atoms with van der Waals surface area (Å²) in [6.07, 6.45) is -1.03. The van der Waals surface area contributed by atoms with E-state index in [4.69, 9.17) is 0 Å². The Bertz CT molecular complexity index is 1290. The fourth-order valence-electron chi connectivity index (χ4n) is 3.88. The van der Waals surface area contributed by atoms with Gasteiger partial charge in [0.25, 0.3) is 0 Å². The molecule has 0 radical (unpaired) electrons. The smallest absolute Gasteiger partial charge is 0.361 e. The molecule has 0 atom stereocenters. The van der Waals surface area contributed by atoms with Gasteiger partial charge >= 0.3 is 6.18 Å². The minimum absolute atomic E-state index is 0.142. The number of para-hydroxylation sites is 2. The van der Waals surface area contributed by atoms with Crippen molar-refractivity contribution in [3.05, 3.63) is 101 Å². The number of hydrogen-bond donors (Lipinski definition) is 1. The van der Waals surface area contributed by atoms with Gasteiger partial charge in [-0.2, -0.15) is 13.2 Å². The number of allylic oxidation sites excluding steroid dienone is 1. The van der Waals surface area contributed by atoms with Crippen LogP contribution < -0.4 is 0 Å². The van der Waals surface area contributed by atoms with Crippen LogP contribution >= 0.6 is 0 Å². The summed E-state index contributed by atoms with van der Waals surface area (Å²) in [5.74, 6) is 0. The maximum Gasteiger partial charge on any atom is 0.417 e. The molecule has 1 N–H and O–H groups in total. The first-order valence-electron chi connectivity index (χ1n) is 9.15. The Kier molecular flexibility index (Phi) is 3.91. The number of H-pyrrole nitrogens is 1. The average molecular weight is 388 g/mol. The summed E-state index contributed by atoms with van der Waals surface area (Å²) in [6.45, 7) is 0. The van der Waals surface area contributed by atoms with Crippen LogP contribution in [0.15, 0.2) is 84.0 Å². The van der Waals surface area contributed by atoms with Crippen molar-refractivity contribution in [1.29, 1.82) is 0 Å². The molecule has 0 aliphatic carbocycles. The molecule has 3 aromatic carbocycles. The lowest BCUT2D eigenvalue weighted by atomic mass is 9.87. The van der Waals surface area contributed by atoms with E-state index in [0.717, 1.165) is 33.8 Å². The topological polar surface area (TPSA) is 28.1 Å². The number of nitrogens with one attached hydrogen (secondary N) is 1. The van der Waals surface area contributed by atoms with E-state index in [9.17, 15) is 13.2 Å². The highest BCUT2D eigenvalue weighted by molar-refractivity contribution is 6.28. The number of aliphatic imine (C=N–C) groups is 1. The number of aromatic nitrogens is 1. The minimum Gasteiger partial charge on any atom is -0.361 e. The van der Waals surface area contributed by atoms with E-state index in [2.05, 4.69) is 9.98 Å². The fraction of sp³-hybridized carbons (Fsp3) is 0.0417. The van der Waals surface area contributed by atoms with Crippen molar-refractivity contribution in [2.24, 2.45) is 4.99 Å². The quantitative estimate of drug-likeness (QED) is 0.388. The Labute approximate surface area is 165 Å². The number of nitrogens with zero attached hydrogens (tertiary/aromatic N) is 1. The molecule has 0 unspecified atom stereocenters. The first kappa shape index (κ1) is 17.5. The Morgan fingerprint density at radius 3 is 2.38 bits per heavy atom. The van der Waals surface area contributed by atoms with Gasteiger partial charge in [0, 0.05) is 45.6 Å². The Hall–Kier alpha value is -3.60. The number of alkyl halides is 3. The highest BCUT2D eigenvalue weighted by Gasteiger charge is 2.35. The van der Waals surface area contributed by atoms with Crippen molar-refractivity contribution in [2.75, 3.05) is 0 Å². The van der Waals surface area contributed by atoms with Crippen LogP contribution in [0.1, 0.15) is 22.3 Å². The van der Waals surface area contributed by atoms with Crippen LogP contribution in [0.3, 0.4) is 0 Å². The van der Waals surface area contributed by atoms with E-state index in [1.165, 1.54) is 12.1 Å². The molecule has 0 saturated carbocycles. The van der Waals surface area contributed by atoms with Crippen molar-refractivity contribution in [3.8, 4) is 0 Å². The summed E-state index contributed by atoms with van der Waals surface area (Å²) in [5.41, 5.74) is 3.84. The monoisotopic (exact) mass is 388 g/mol. The van der Waals surface area contributed by atoms with Gasteiger partial charge in [-0.3, -0.25) is 4.99 Å². The van der Waals surface area contributed by atoms with Crippen molar-refractivity contribution in [3.63, 3.8) is 0 Å². The molecule has 0 saturated heterocycles. The van der Waals surface area contributed by atoms with Gasteiger partial charge in [-0.1, -0.05) is 54.6 Å². The first-order chi connectivity index (χ1) is 14.0. The lowest BCUT2D eigenvalue weighted by Crippen LogP contribution is -2.09. The van der Waals surface area contributed by atoms with Crippen LogP contribution in [0.25, 0.3) is 22.0 Å². The zero-order valence-electron chi connectivity index (χ0n) is 15.2. The molecule has 2 nitrogen and oxygen atoms in total. The molecular weight excluding hydrogens is 373 g/mol. The van der Waals surface area contributed by atoms with Gasteiger partial charge < -0.3 is 4.98 Å². The number of aromatic amines is 1. The van der Waals surface area contributed by atoms with Gasteiger partial charge in [0.15, 0.2) is 0 Å². The zero-order chi connectivity index (χ0) is 20.0. The number of halogens is 3. The average Bonchev–Trinajstić information content (AvgIpc) is 3.34. The highest BCUT2D eigenvalue weighted by atomic mass is 19.4. The minimum atomic E-state index is -4.47. The number of benzene rings is 3. The van der Waals surface area contributed by atoms with Gasteiger partial charge in [0.2, 0.25) is 0 Å². The molecule has 4 aromatic rings. The van der Waals surface area contributed by atoms with E-state index in [1.54, 1.807) is 18.5 Å². The number of rotatable bonds is 2. The van der Waals surface area contributed by atoms with E-state index in [1.807, 2.05) is 48.5 Å². The predicted molar refractivity (Wildman–Crippen MR) is 110 cm³/mol. The van der Waals surface area contributed by atoms with E-state index < -0.39 is 11.7 Å². The van der Waals surface area contributed by atoms with Crippen molar-refractivity contribution >= 4 is 34.0 Å². The molecule has 0 bridgehead atoms. The molecule has 2 heterocycles. The maximum absolute atomic E-state index is 13.9. The Morgan fingerprint density at radius 1 is 0.793 bits per heavy atom. The molecule has 1 aliphatic rings.